The molecule has 1 unspecified atom stereocenters. The molecule has 0 spiro atoms. The number of thioether (sulfide) groups is 1. The highest BCUT2D eigenvalue weighted by atomic mass is 32.2. The molecule has 1 atom stereocenters. The van der Waals surface area contributed by atoms with Crippen molar-refractivity contribution in [2.75, 3.05) is 5.75 Å². The van der Waals surface area contributed by atoms with E-state index >= 15 is 0 Å². The van der Waals surface area contributed by atoms with Gasteiger partial charge in [-0.25, -0.2) is 4.39 Å². The fourth-order valence-corrected chi connectivity index (χ4v) is 7.83. The Morgan fingerprint density at radius 1 is 1.06 bits per heavy atom. The molecule has 4 fully saturated rings. The Kier molecular flexibility index (Phi) is 5.62. The molecule has 1 N–H and O–H groups in total. The fourth-order valence-electron chi connectivity index (χ4n) is 6.77. The number of halogens is 1. The monoisotopic (exact) mass is 438 g/mol. The molecule has 6 rings (SSSR count). The highest BCUT2D eigenvalue weighted by Crippen LogP contribution is 2.60. The van der Waals surface area contributed by atoms with Gasteiger partial charge in [0.05, 0.1) is 5.92 Å². The summed E-state index contributed by atoms with van der Waals surface area (Å²) in [6.45, 7) is 1.69. The largest absolute Gasteiger partial charge is 0.481 e. The molecule has 0 saturated heterocycles. The standard InChI is InChI=1S/C27H31FO2S/c1-17(26(29)30)15-31-16-23-10-22(5-6-25(23)28)21-3-2-4-24(11-21)27-12-18-7-19(13-27)9-20(8-18)14-27/h2-6,10-11,17-20H,7-9,12-16H2,1H3,(H,29,30). The zero-order valence-corrected chi connectivity index (χ0v) is 19.0. The lowest BCUT2D eigenvalue weighted by atomic mass is 9.48. The molecule has 4 bridgehead atoms. The SMILES string of the molecule is CC(CSCc1cc(-c2cccc(C34CC5CC(CC(C5)C3)C4)c2)ccc1F)C(=O)O. The summed E-state index contributed by atoms with van der Waals surface area (Å²) >= 11 is 1.48. The summed E-state index contributed by atoms with van der Waals surface area (Å²) in [6, 6.07) is 14.4. The summed E-state index contributed by atoms with van der Waals surface area (Å²) in [6.07, 6.45) is 8.36. The third kappa shape index (κ3) is 4.16. The Hall–Kier alpha value is -1.81. The first-order valence-corrected chi connectivity index (χ1v) is 12.8. The van der Waals surface area contributed by atoms with E-state index in [4.69, 9.17) is 5.11 Å². The van der Waals surface area contributed by atoms with Crippen LogP contribution in [0.15, 0.2) is 42.5 Å². The molecule has 2 aromatic carbocycles. The Morgan fingerprint density at radius 3 is 2.35 bits per heavy atom. The normalized spacial score (nSPS) is 29.8. The molecule has 4 aliphatic carbocycles. The maximum Gasteiger partial charge on any atom is 0.307 e. The van der Waals surface area contributed by atoms with Gasteiger partial charge in [0.2, 0.25) is 0 Å². The summed E-state index contributed by atoms with van der Waals surface area (Å²) in [5.41, 5.74) is 4.71. The van der Waals surface area contributed by atoms with Crippen LogP contribution in [-0.2, 0) is 16.0 Å². The van der Waals surface area contributed by atoms with Crippen molar-refractivity contribution in [2.24, 2.45) is 23.7 Å². The topological polar surface area (TPSA) is 37.3 Å². The van der Waals surface area contributed by atoms with E-state index in [1.807, 2.05) is 12.1 Å². The number of rotatable bonds is 7. The van der Waals surface area contributed by atoms with Crippen LogP contribution in [0.25, 0.3) is 11.1 Å². The van der Waals surface area contributed by atoms with Gasteiger partial charge >= 0.3 is 5.97 Å². The van der Waals surface area contributed by atoms with Crippen LogP contribution in [-0.4, -0.2) is 16.8 Å². The molecule has 2 aromatic rings. The highest BCUT2D eigenvalue weighted by molar-refractivity contribution is 7.98. The van der Waals surface area contributed by atoms with Crippen molar-refractivity contribution in [1.29, 1.82) is 0 Å². The third-order valence-corrected chi connectivity index (χ3v) is 9.19. The predicted molar refractivity (Wildman–Crippen MR) is 125 cm³/mol. The average Bonchev–Trinajstić information content (AvgIpc) is 2.74. The lowest BCUT2D eigenvalue weighted by molar-refractivity contribution is -0.140. The molecule has 0 aromatic heterocycles. The minimum atomic E-state index is -0.803. The van der Waals surface area contributed by atoms with Crippen LogP contribution < -0.4 is 0 Å². The second-order valence-electron chi connectivity index (χ2n) is 10.3. The number of carboxylic acid groups (broad SMARTS) is 1. The van der Waals surface area contributed by atoms with Gasteiger partial charge in [0.1, 0.15) is 5.82 Å². The number of aliphatic carboxylic acids is 1. The third-order valence-electron chi connectivity index (χ3n) is 7.94. The molecule has 4 aliphatic rings. The molecule has 0 radical (unpaired) electrons. The Labute approximate surface area is 188 Å². The number of hydrogen-bond acceptors (Lipinski definition) is 2. The van der Waals surface area contributed by atoms with Gasteiger partial charge in [-0.2, -0.15) is 11.8 Å². The van der Waals surface area contributed by atoms with Crippen LogP contribution in [0.4, 0.5) is 4.39 Å². The minimum Gasteiger partial charge on any atom is -0.481 e. The lowest BCUT2D eigenvalue weighted by Gasteiger charge is -2.57. The number of hydrogen-bond donors (Lipinski definition) is 1. The molecular weight excluding hydrogens is 407 g/mol. The van der Waals surface area contributed by atoms with E-state index in [9.17, 15) is 9.18 Å². The summed E-state index contributed by atoms with van der Waals surface area (Å²) in [7, 11) is 0. The molecule has 31 heavy (non-hydrogen) atoms. The van der Waals surface area contributed by atoms with Crippen LogP contribution in [0.3, 0.4) is 0 Å². The van der Waals surface area contributed by atoms with Gasteiger partial charge in [0.25, 0.3) is 0 Å². The van der Waals surface area contributed by atoms with Crippen LogP contribution in [0.1, 0.15) is 56.6 Å². The van der Waals surface area contributed by atoms with E-state index in [2.05, 4.69) is 24.3 Å². The molecule has 0 heterocycles. The molecule has 0 aliphatic heterocycles. The zero-order chi connectivity index (χ0) is 21.6. The van der Waals surface area contributed by atoms with Crippen molar-refractivity contribution < 1.29 is 14.3 Å². The first kappa shape index (κ1) is 21.1. The van der Waals surface area contributed by atoms with E-state index in [1.165, 1.54) is 61.4 Å². The molecule has 2 nitrogen and oxygen atoms in total. The molecular formula is C27H31FO2S. The van der Waals surface area contributed by atoms with Crippen molar-refractivity contribution in [3.05, 3.63) is 59.4 Å². The maximum atomic E-state index is 14.4. The van der Waals surface area contributed by atoms with E-state index in [1.54, 1.807) is 13.0 Å². The Balaban J connectivity index is 1.37. The van der Waals surface area contributed by atoms with E-state index < -0.39 is 11.9 Å². The summed E-state index contributed by atoms with van der Waals surface area (Å²) in [4.78, 5) is 11.0. The average molecular weight is 439 g/mol. The first-order chi connectivity index (χ1) is 14.9. The quantitative estimate of drug-likeness (QED) is 0.510. The van der Waals surface area contributed by atoms with Gasteiger partial charge in [-0.05, 0) is 96.1 Å². The highest BCUT2D eigenvalue weighted by Gasteiger charge is 2.51. The number of carbonyl (C=O) groups is 1. The van der Waals surface area contributed by atoms with Gasteiger partial charge in [0.15, 0.2) is 0 Å². The van der Waals surface area contributed by atoms with Crippen molar-refractivity contribution in [3.8, 4) is 11.1 Å². The first-order valence-electron chi connectivity index (χ1n) is 11.6. The van der Waals surface area contributed by atoms with Crippen molar-refractivity contribution in [1.82, 2.24) is 0 Å². The van der Waals surface area contributed by atoms with E-state index in [0.29, 0.717) is 22.5 Å². The van der Waals surface area contributed by atoms with Crippen LogP contribution in [0.5, 0.6) is 0 Å². The van der Waals surface area contributed by atoms with Gasteiger partial charge in [0, 0.05) is 11.5 Å². The zero-order valence-electron chi connectivity index (χ0n) is 18.1. The van der Waals surface area contributed by atoms with E-state index in [-0.39, 0.29) is 5.82 Å². The second-order valence-corrected chi connectivity index (χ2v) is 11.4. The molecule has 4 heteroatoms. The summed E-state index contributed by atoms with van der Waals surface area (Å²) in [5, 5.41) is 9.05. The van der Waals surface area contributed by atoms with Crippen molar-refractivity contribution in [2.45, 2.75) is 56.6 Å². The number of benzene rings is 2. The molecule has 4 saturated carbocycles. The Bertz CT molecular complexity index is 950. The van der Waals surface area contributed by atoms with E-state index in [0.717, 1.165) is 23.3 Å². The summed E-state index contributed by atoms with van der Waals surface area (Å²) < 4.78 is 14.4. The van der Waals surface area contributed by atoms with Crippen LogP contribution in [0.2, 0.25) is 0 Å². The number of carboxylic acids is 1. The van der Waals surface area contributed by atoms with Gasteiger partial charge in [-0.1, -0.05) is 37.3 Å². The second kappa shape index (κ2) is 8.27. The summed E-state index contributed by atoms with van der Waals surface area (Å²) in [5.74, 6) is 2.28. The minimum absolute atomic E-state index is 0.212. The molecule has 164 valence electrons. The Morgan fingerprint density at radius 2 is 1.71 bits per heavy atom. The van der Waals surface area contributed by atoms with Gasteiger partial charge in [-0.3, -0.25) is 4.79 Å². The van der Waals surface area contributed by atoms with Gasteiger partial charge < -0.3 is 5.11 Å². The lowest BCUT2D eigenvalue weighted by Crippen LogP contribution is -2.48. The fraction of sp³-hybridized carbons (Fsp3) is 0.519. The van der Waals surface area contributed by atoms with Crippen LogP contribution in [0, 0.1) is 29.5 Å². The smallest absolute Gasteiger partial charge is 0.307 e. The van der Waals surface area contributed by atoms with Crippen molar-refractivity contribution in [3.63, 3.8) is 0 Å². The van der Waals surface area contributed by atoms with Crippen LogP contribution >= 0.6 is 11.8 Å². The predicted octanol–water partition coefficient (Wildman–Crippen LogP) is 6.91. The van der Waals surface area contributed by atoms with Gasteiger partial charge in [-0.15, -0.1) is 0 Å². The maximum absolute atomic E-state index is 14.4. The molecule has 0 amide bonds. The van der Waals surface area contributed by atoms with Crippen molar-refractivity contribution >= 4 is 17.7 Å².